The summed E-state index contributed by atoms with van der Waals surface area (Å²) in [4.78, 5) is 14.1. The molecule has 15 heavy (non-hydrogen) atoms. The van der Waals surface area contributed by atoms with Gasteiger partial charge >= 0.3 is 0 Å². The van der Waals surface area contributed by atoms with E-state index in [0.29, 0.717) is 12.1 Å². The lowest BCUT2D eigenvalue weighted by Crippen LogP contribution is -2.48. The number of carbonyl (C=O) groups is 1. The summed E-state index contributed by atoms with van der Waals surface area (Å²) in [5, 5.41) is 3.51. The first kappa shape index (κ1) is 10.7. The molecule has 2 aliphatic heterocycles. The van der Waals surface area contributed by atoms with Gasteiger partial charge in [0, 0.05) is 24.2 Å². The minimum atomic E-state index is 0.230. The Kier molecular flexibility index (Phi) is 3.10. The van der Waals surface area contributed by atoms with Gasteiger partial charge in [0.1, 0.15) is 0 Å². The number of piperidine rings is 1. The Labute approximate surface area is 91.5 Å². The summed E-state index contributed by atoms with van der Waals surface area (Å²) in [5.41, 5.74) is 0.876. The van der Waals surface area contributed by atoms with Gasteiger partial charge in [0.25, 0.3) is 0 Å². The SMILES string of the molecule is C/C=C(\C)C(=O)N1CCC2NCCCC21. The van der Waals surface area contributed by atoms with Crippen LogP contribution in [0.3, 0.4) is 0 Å². The largest absolute Gasteiger partial charge is 0.334 e. The molecule has 2 saturated heterocycles. The summed E-state index contributed by atoms with van der Waals surface area (Å²) in [6.07, 6.45) is 5.39. The van der Waals surface area contributed by atoms with Crippen LogP contribution in [0.25, 0.3) is 0 Å². The van der Waals surface area contributed by atoms with E-state index in [-0.39, 0.29) is 5.91 Å². The van der Waals surface area contributed by atoms with Gasteiger partial charge < -0.3 is 10.2 Å². The smallest absolute Gasteiger partial charge is 0.249 e. The molecule has 2 unspecified atom stereocenters. The van der Waals surface area contributed by atoms with Gasteiger partial charge in [-0.3, -0.25) is 4.79 Å². The van der Waals surface area contributed by atoms with Gasteiger partial charge in [0.2, 0.25) is 5.91 Å². The molecule has 1 N–H and O–H groups in total. The lowest BCUT2D eigenvalue weighted by atomic mass is 9.99. The van der Waals surface area contributed by atoms with E-state index in [2.05, 4.69) is 10.2 Å². The van der Waals surface area contributed by atoms with E-state index in [1.165, 1.54) is 12.8 Å². The Balaban J connectivity index is 2.07. The third kappa shape index (κ3) is 1.93. The molecule has 2 fully saturated rings. The van der Waals surface area contributed by atoms with Gasteiger partial charge in [-0.2, -0.15) is 0 Å². The minimum absolute atomic E-state index is 0.230. The van der Waals surface area contributed by atoms with Gasteiger partial charge in [-0.15, -0.1) is 0 Å². The molecular formula is C12H20N2O. The van der Waals surface area contributed by atoms with Crippen molar-refractivity contribution in [3.05, 3.63) is 11.6 Å². The molecule has 84 valence electrons. The third-order valence-corrected chi connectivity index (χ3v) is 3.66. The summed E-state index contributed by atoms with van der Waals surface area (Å²) < 4.78 is 0. The molecule has 2 rings (SSSR count). The molecule has 0 radical (unpaired) electrons. The lowest BCUT2D eigenvalue weighted by Gasteiger charge is -2.32. The van der Waals surface area contributed by atoms with Crippen molar-refractivity contribution in [2.24, 2.45) is 0 Å². The van der Waals surface area contributed by atoms with E-state index < -0.39 is 0 Å². The molecule has 1 amide bonds. The van der Waals surface area contributed by atoms with Gasteiger partial charge in [-0.1, -0.05) is 6.08 Å². The number of hydrogen-bond donors (Lipinski definition) is 1. The van der Waals surface area contributed by atoms with E-state index in [1.807, 2.05) is 19.9 Å². The van der Waals surface area contributed by atoms with E-state index >= 15 is 0 Å². The third-order valence-electron chi connectivity index (χ3n) is 3.66. The van der Waals surface area contributed by atoms with Crippen LogP contribution < -0.4 is 5.32 Å². The normalized spacial score (nSPS) is 31.6. The molecule has 2 atom stereocenters. The van der Waals surface area contributed by atoms with Crippen LogP contribution in [0.15, 0.2) is 11.6 Å². The zero-order chi connectivity index (χ0) is 10.8. The molecule has 0 aromatic heterocycles. The average Bonchev–Trinajstić information content (AvgIpc) is 2.70. The fourth-order valence-corrected chi connectivity index (χ4v) is 2.65. The molecule has 3 nitrogen and oxygen atoms in total. The number of likely N-dealkylation sites (tertiary alicyclic amines) is 1. The highest BCUT2D eigenvalue weighted by Crippen LogP contribution is 2.26. The van der Waals surface area contributed by atoms with Crippen molar-refractivity contribution in [3.63, 3.8) is 0 Å². The monoisotopic (exact) mass is 208 g/mol. The standard InChI is InChI=1S/C12H20N2O/c1-3-9(2)12(15)14-8-6-10-11(14)5-4-7-13-10/h3,10-11,13H,4-8H2,1-2H3/b9-3+. The first-order chi connectivity index (χ1) is 7.24. The highest BCUT2D eigenvalue weighted by Gasteiger charge is 2.38. The maximum Gasteiger partial charge on any atom is 0.249 e. The zero-order valence-corrected chi connectivity index (χ0v) is 9.62. The molecule has 2 heterocycles. The topological polar surface area (TPSA) is 32.3 Å². The fraction of sp³-hybridized carbons (Fsp3) is 0.750. The quantitative estimate of drug-likeness (QED) is 0.659. The number of nitrogens with zero attached hydrogens (tertiary/aromatic N) is 1. The van der Waals surface area contributed by atoms with Crippen LogP contribution in [0.2, 0.25) is 0 Å². The Morgan fingerprint density at radius 3 is 3.00 bits per heavy atom. The molecule has 3 heteroatoms. The summed E-state index contributed by atoms with van der Waals surface area (Å²) in [6, 6.07) is 0.994. The molecule has 0 aromatic carbocycles. The van der Waals surface area contributed by atoms with Crippen molar-refractivity contribution >= 4 is 5.91 Å². The second-order valence-corrected chi connectivity index (χ2v) is 4.53. The maximum atomic E-state index is 12.1. The molecule has 0 spiro atoms. The zero-order valence-electron chi connectivity index (χ0n) is 9.62. The van der Waals surface area contributed by atoms with Crippen LogP contribution in [0.1, 0.15) is 33.1 Å². The van der Waals surface area contributed by atoms with E-state index in [9.17, 15) is 4.79 Å². The molecular weight excluding hydrogens is 188 g/mol. The highest BCUT2D eigenvalue weighted by molar-refractivity contribution is 5.93. The van der Waals surface area contributed by atoms with Crippen LogP contribution in [0.4, 0.5) is 0 Å². The summed E-state index contributed by atoms with van der Waals surface area (Å²) >= 11 is 0. The first-order valence-electron chi connectivity index (χ1n) is 5.91. The summed E-state index contributed by atoms with van der Waals surface area (Å²) in [7, 11) is 0. The van der Waals surface area contributed by atoms with Crippen LogP contribution in [-0.4, -0.2) is 36.0 Å². The number of amides is 1. The van der Waals surface area contributed by atoms with Crippen molar-refractivity contribution in [3.8, 4) is 0 Å². The van der Waals surface area contributed by atoms with E-state index in [1.54, 1.807) is 0 Å². The summed E-state index contributed by atoms with van der Waals surface area (Å²) in [6.45, 7) is 5.88. The van der Waals surface area contributed by atoms with Crippen molar-refractivity contribution in [2.75, 3.05) is 13.1 Å². The molecule has 2 aliphatic rings. The molecule has 0 aromatic rings. The van der Waals surface area contributed by atoms with Crippen molar-refractivity contribution in [2.45, 2.75) is 45.2 Å². The Bertz CT molecular complexity index is 285. The predicted octanol–water partition coefficient (Wildman–Crippen LogP) is 1.31. The van der Waals surface area contributed by atoms with Crippen molar-refractivity contribution < 1.29 is 4.79 Å². The number of fused-ring (bicyclic) bond motifs is 1. The number of nitrogens with one attached hydrogen (secondary N) is 1. The fourth-order valence-electron chi connectivity index (χ4n) is 2.65. The maximum absolute atomic E-state index is 12.1. The Hall–Kier alpha value is -0.830. The lowest BCUT2D eigenvalue weighted by molar-refractivity contribution is -0.128. The number of carbonyl (C=O) groups excluding carboxylic acids is 1. The van der Waals surface area contributed by atoms with Crippen LogP contribution in [-0.2, 0) is 4.79 Å². The van der Waals surface area contributed by atoms with Gasteiger partial charge in [-0.05, 0) is 39.7 Å². The predicted molar refractivity (Wildman–Crippen MR) is 60.6 cm³/mol. The number of allylic oxidation sites excluding steroid dienone is 1. The number of hydrogen-bond acceptors (Lipinski definition) is 2. The molecule has 0 aliphatic carbocycles. The number of rotatable bonds is 1. The van der Waals surface area contributed by atoms with Gasteiger partial charge in [0.05, 0.1) is 0 Å². The van der Waals surface area contributed by atoms with Gasteiger partial charge in [0.15, 0.2) is 0 Å². The van der Waals surface area contributed by atoms with Crippen LogP contribution in [0, 0.1) is 0 Å². The minimum Gasteiger partial charge on any atom is -0.334 e. The van der Waals surface area contributed by atoms with Gasteiger partial charge in [-0.25, -0.2) is 0 Å². The second-order valence-electron chi connectivity index (χ2n) is 4.53. The Morgan fingerprint density at radius 2 is 2.27 bits per heavy atom. The average molecular weight is 208 g/mol. The van der Waals surface area contributed by atoms with Crippen LogP contribution >= 0.6 is 0 Å². The van der Waals surface area contributed by atoms with Crippen molar-refractivity contribution in [1.82, 2.24) is 10.2 Å². The second kappa shape index (κ2) is 4.35. The molecule has 0 saturated carbocycles. The van der Waals surface area contributed by atoms with Crippen molar-refractivity contribution in [1.29, 1.82) is 0 Å². The first-order valence-corrected chi connectivity index (χ1v) is 5.91. The van der Waals surface area contributed by atoms with E-state index in [4.69, 9.17) is 0 Å². The highest BCUT2D eigenvalue weighted by atomic mass is 16.2. The molecule has 0 bridgehead atoms. The van der Waals surface area contributed by atoms with Crippen LogP contribution in [0.5, 0.6) is 0 Å². The Morgan fingerprint density at radius 1 is 1.47 bits per heavy atom. The van der Waals surface area contributed by atoms with E-state index in [0.717, 1.165) is 25.1 Å². The summed E-state index contributed by atoms with van der Waals surface area (Å²) in [5.74, 6) is 0.230.